The molecule has 1 aliphatic rings. The van der Waals surface area contributed by atoms with Crippen molar-refractivity contribution >= 4 is 23.4 Å². The maximum Gasteiger partial charge on any atom is 0.266 e. The summed E-state index contributed by atoms with van der Waals surface area (Å²) >= 11 is 0. The van der Waals surface area contributed by atoms with Gasteiger partial charge in [-0.25, -0.2) is 0 Å². The van der Waals surface area contributed by atoms with E-state index >= 15 is 0 Å². The Bertz CT molecular complexity index is 854. The predicted molar refractivity (Wildman–Crippen MR) is 111 cm³/mol. The van der Waals surface area contributed by atoms with E-state index in [1.807, 2.05) is 49.4 Å². The van der Waals surface area contributed by atoms with Gasteiger partial charge in [-0.15, -0.1) is 0 Å². The van der Waals surface area contributed by atoms with E-state index < -0.39 is 0 Å². The molecule has 0 aromatic heterocycles. The van der Waals surface area contributed by atoms with E-state index in [-0.39, 0.29) is 11.5 Å². The zero-order valence-electron chi connectivity index (χ0n) is 15.7. The number of nitrogens with one attached hydrogen (secondary N) is 1. The van der Waals surface area contributed by atoms with Crippen molar-refractivity contribution in [1.82, 2.24) is 0 Å². The summed E-state index contributed by atoms with van der Waals surface area (Å²) in [5.41, 5.74) is 3.84. The SMILES string of the molecule is Cc1ccccc1NC(=O)/C(C#N)=C/c1ccc(N2CCCCCC2)cc1. The highest BCUT2D eigenvalue weighted by Crippen LogP contribution is 2.21. The summed E-state index contributed by atoms with van der Waals surface area (Å²) in [5, 5.41) is 12.2. The first-order valence-corrected chi connectivity index (χ1v) is 9.51. The number of hydrogen-bond acceptors (Lipinski definition) is 3. The Kier molecular flexibility index (Phi) is 6.27. The molecule has 2 aromatic rings. The predicted octanol–water partition coefficient (Wildman–Crippen LogP) is 4.92. The number of carbonyl (C=O) groups excluding carboxylic acids is 1. The van der Waals surface area contributed by atoms with Crippen molar-refractivity contribution in [3.8, 4) is 6.07 Å². The molecule has 1 saturated heterocycles. The van der Waals surface area contributed by atoms with Crippen LogP contribution in [-0.4, -0.2) is 19.0 Å². The number of benzene rings is 2. The number of nitriles is 1. The largest absolute Gasteiger partial charge is 0.372 e. The molecular formula is C23H25N3O. The van der Waals surface area contributed by atoms with Crippen LogP contribution in [0.4, 0.5) is 11.4 Å². The molecule has 4 heteroatoms. The number of amides is 1. The highest BCUT2D eigenvalue weighted by Gasteiger charge is 2.12. The average molecular weight is 359 g/mol. The lowest BCUT2D eigenvalue weighted by molar-refractivity contribution is -0.112. The molecule has 0 atom stereocenters. The van der Waals surface area contributed by atoms with Gasteiger partial charge in [-0.05, 0) is 55.2 Å². The van der Waals surface area contributed by atoms with Gasteiger partial charge in [-0.1, -0.05) is 43.2 Å². The van der Waals surface area contributed by atoms with Crippen molar-refractivity contribution in [2.75, 3.05) is 23.3 Å². The molecule has 0 bridgehead atoms. The second kappa shape index (κ2) is 9.05. The molecule has 2 aromatic carbocycles. The maximum absolute atomic E-state index is 12.4. The van der Waals surface area contributed by atoms with Gasteiger partial charge in [-0.3, -0.25) is 4.79 Å². The van der Waals surface area contributed by atoms with E-state index in [0.717, 1.165) is 29.9 Å². The summed E-state index contributed by atoms with van der Waals surface area (Å²) in [5.74, 6) is -0.386. The van der Waals surface area contributed by atoms with E-state index in [1.165, 1.54) is 31.4 Å². The lowest BCUT2D eigenvalue weighted by Crippen LogP contribution is -2.23. The van der Waals surface area contributed by atoms with Crippen molar-refractivity contribution in [2.24, 2.45) is 0 Å². The quantitative estimate of drug-likeness (QED) is 0.622. The van der Waals surface area contributed by atoms with Crippen molar-refractivity contribution < 1.29 is 4.79 Å². The highest BCUT2D eigenvalue weighted by molar-refractivity contribution is 6.09. The fourth-order valence-corrected chi connectivity index (χ4v) is 3.33. The van der Waals surface area contributed by atoms with Gasteiger partial charge in [-0.2, -0.15) is 5.26 Å². The van der Waals surface area contributed by atoms with Gasteiger partial charge in [0.15, 0.2) is 0 Å². The van der Waals surface area contributed by atoms with Crippen LogP contribution in [0.3, 0.4) is 0 Å². The monoisotopic (exact) mass is 359 g/mol. The number of carbonyl (C=O) groups is 1. The summed E-state index contributed by atoms with van der Waals surface area (Å²) in [6.07, 6.45) is 6.72. The number of para-hydroxylation sites is 1. The first-order chi connectivity index (χ1) is 13.2. The van der Waals surface area contributed by atoms with Crippen molar-refractivity contribution in [3.05, 3.63) is 65.2 Å². The fourth-order valence-electron chi connectivity index (χ4n) is 3.33. The Morgan fingerprint density at radius 2 is 1.70 bits per heavy atom. The Hall–Kier alpha value is -3.06. The average Bonchev–Trinajstić information content (AvgIpc) is 2.98. The molecule has 27 heavy (non-hydrogen) atoms. The van der Waals surface area contributed by atoms with Gasteiger partial charge in [0.25, 0.3) is 5.91 Å². The first-order valence-electron chi connectivity index (χ1n) is 9.51. The van der Waals surface area contributed by atoms with Crippen LogP contribution in [0.1, 0.15) is 36.8 Å². The number of nitrogens with zero attached hydrogens (tertiary/aromatic N) is 2. The van der Waals surface area contributed by atoms with E-state index in [0.29, 0.717) is 0 Å². The smallest absolute Gasteiger partial charge is 0.266 e. The molecule has 1 fully saturated rings. The Balaban J connectivity index is 1.72. The van der Waals surface area contributed by atoms with Crippen LogP contribution in [0.15, 0.2) is 54.1 Å². The van der Waals surface area contributed by atoms with E-state index in [9.17, 15) is 10.1 Å². The zero-order chi connectivity index (χ0) is 19.1. The molecule has 1 aliphatic heterocycles. The summed E-state index contributed by atoms with van der Waals surface area (Å²) in [4.78, 5) is 14.9. The number of anilines is 2. The number of rotatable bonds is 4. The molecule has 1 N–H and O–H groups in total. The Morgan fingerprint density at radius 1 is 1.04 bits per heavy atom. The Labute approximate surface area is 161 Å². The van der Waals surface area contributed by atoms with E-state index in [4.69, 9.17) is 0 Å². The molecule has 1 amide bonds. The molecular weight excluding hydrogens is 334 g/mol. The first kappa shape index (κ1) is 18.7. The molecule has 0 spiro atoms. The van der Waals surface area contributed by atoms with Crippen LogP contribution in [0.5, 0.6) is 0 Å². The Morgan fingerprint density at radius 3 is 2.33 bits per heavy atom. The lowest BCUT2D eigenvalue weighted by atomic mass is 10.1. The number of hydrogen-bond donors (Lipinski definition) is 1. The second-order valence-electron chi connectivity index (χ2n) is 6.93. The van der Waals surface area contributed by atoms with Gasteiger partial charge in [0, 0.05) is 24.5 Å². The third-order valence-electron chi connectivity index (χ3n) is 4.93. The van der Waals surface area contributed by atoms with Crippen LogP contribution in [0.2, 0.25) is 0 Å². The summed E-state index contributed by atoms with van der Waals surface area (Å²) < 4.78 is 0. The topological polar surface area (TPSA) is 56.1 Å². The molecule has 0 saturated carbocycles. The molecule has 4 nitrogen and oxygen atoms in total. The molecule has 1 heterocycles. The zero-order valence-corrected chi connectivity index (χ0v) is 15.7. The van der Waals surface area contributed by atoms with Crippen molar-refractivity contribution in [3.63, 3.8) is 0 Å². The van der Waals surface area contributed by atoms with Crippen molar-refractivity contribution in [1.29, 1.82) is 5.26 Å². The lowest BCUT2D eigenvalue weighted by Gasteiger charge is -2.22. The van der Waals surface area contributed by atoms with Gasteiger partial charge >= 0.3 is 0 Å². The van der Waals surface area contributed by atoms with Crippen molar-refractivity contribution in [2.45, 2.75) is 32.6 Å². The summed E-state index contributed by atoms with van der Waals surface area (Å²) in [6, 6.07) is 17.6. The van der Waals surface area contributed by atoms with Gasteiger partial charge in [0.1, 0.15) is 11.6 Å². The van der Waals surface area contributed by atoms with Gasteiger partial charge in [0.05, 0.1) is 0 Å². The van der Waals surface area contributed by atoms with E-state index in [2.05, 4.69) is 22.3 Å². The molecule has 3 rings (SSSR count). The van der Waals surface area contributed by atoms with Crippen LogP contribution < -0.4 is 10.2 Å². The molecule has 0 unspecified atom stereocenters. The van der Waals surface area contributed by atoms with Crippen LogP contribution in [0.25, 0.3) is 6.08 Å². The third kappa shape index (κ3) is 4.98. The highest BCUT2D eigenvalue weighted by atomic mass is 16.1. The fraction of sp³-hybridized carbons (Fsp3) is 0.304. The molecule has 138 valence electrons. The summed E-state index contributed by atoms with van der Waals surface area (Å²) in [6.45, 7) is 4.11. The standard InChI is InChI=1S/C23H25N3O/c1-18-8-4-5-9-22(18)25-23(27)20(17-24)16-19-10-12-21(13-11-19)26-14-6-2-3-7-15-26/h4-5,8-13,16H,2-3,6-7,14-15H2,1H3,(H,25,27)/b20-16+. The minimum Gasteiger partial charge on any atom is -0.372 e. The number of aryl methyl sites for hydroxylation is 1. The van der Waals surface area contributed by atoms with Gasteiger partial charge in [0.2, 0.25) is 0 Å². The molecule has 0 radical (unpaired) electrons. The van der Waals surface area contributed by atoms with Gasteiger partial charge < -0.3 is 10.2 Å². The molecule has 0 aliphatic carbocycles. The maximum atomic E-state index is 12.4. The van der Waals surface area contributed by atoms with E-state index in [1.54, 1.807) is 6.08 Å². The minimum atomic E-state index is -0.386. The second-order valence-corrected chi connectivity index (χ2v) is 6.93. The third-order valence-corrected chi connectivity index (χ3v) is 4.93. The van der Waals surface area contributed by atoms with Crippen LogP contribution in [-0.2, 0) is 4.79 Å². The minimum absolute atomic E-state index is 0.0979. The summed E-state index contributed by atoms with van der Waals surface area (Å²) in [7, 11) is 0. The van der Waals surface area contributed by atoms with Crippen LogP contribution >= 0.6 is 0 Å². The van der Waals surface area contributed by atoms with Crippen LogP contribution in [0, 0.1) is 18.3 Å². The normalized spacial score (nSPS) is 15.0.